The van der Waals surface area contributed by atoms with Crippen LogP contribution in [0.15, 0.2) is 12.3 Å². The van der Waals surface area contributed by atoms with E-state index in [2.05, 4.69) is 5.10 Å². The molecule has 0 saturated heterocycles. The van der Waals surface area contributed by atoms with E-state index in [0.717, 1.165) is 0 Å². The summed E-state index contributed by atoms with van der Waals surface area (Å²) in [6, 6.07) is 1.74. The predicted molar refractivity (Wildman–Crippen MR) is 71.5 cm³/mol. The number of hydrogen-bond acceptors (Lipinski definition) is 4. The van der Waals surface area contributed by atoms with Crippen molar-refractivity contribution in [1.29, 1.82) is 0 Å². The molecule has 108 valence electrons. The Kier molecular flexibility index (Phi) is 4.73. The molecule has 0 spiro atoms. The van der Waals surface area contributed by atoms with E-state index in [1.54, 1.807) is 30.8 Å². The van der Waals surface area contributed by atoms with Crippen LogP contribution >= 0.6 is 0 Å². The molecule has 1 aromatic heterocycles. The van der Waals surface area contributed by atoms with Gasteiger partial charge in [-0.2, -0.15) is 5.10 Å². The van der Waals surface area contributed by atoms with Crippen molar-refractivity contribution in [3.8, 4) is 0 Å². The third-order valence-electron chi connectivity index (χ3n) is 2.78. The average molecular weight is 288 g/mol. The second-order valence-corrected chi connectivity index (χ2v) is 7.31. The fraction of sp³-hybridized carbons (Fsp3) is 0.667. The highest BCUT2D eigenvalue weighted by Crippen LogP contribution is 2.18. The van der Waals surface area contributed by atoms with Crippen molar-refractivity contribution in [3.05, 3.63) is 18.0 Å². The first-order valence-corrected chi connectivity index (χ1v) is 7.85. The second kappa shape index (κ2) is 5.73. The summed E-state index contributed by atoms with van der Waals surface area (Å²) in [6.07, 6.45) is 1.70. The van der Waals surface area contributed by atoms with Gasteiger partial charge in [-0.25, -0.2) is 8.42 Å². The van der Waals surface area contributed by atoms with E-state index in [9.17, 15) is 13.2 Å². The van der Waals surface area contributed by atoms with Gasteiger partial charge < -0.3 is 5.11 Å². The Morgan fingerprint density at radius 1 is 1.37 bits per heavy atom. The number of nitrogens with zero attached hydrogens (tertiary/aromatic N) is 2. The number of carbonyl (C=O) groups is 1. The number of rotatable bonds is 6. The summed E-state index contributed by atoms with van der Waals surface area (Å²) in [7, 11) is -3.76. The summed E-state index contributed by atoms with van der Waals surface area (Å²) < 4.78 is 25.9. The van der Waals surface area contributed by atoms with Gasteiger partial charge in [0.15, 0.2) is 15.1 Å². The minimum atomic E-state index is -3.76. The Morgan fingerprint density at radius 2 is 1.95 bits per heavy atom. The quantitative estimate of drug-likeness (QED) is 0.856. The number of aliphatic carboxylic acids is 1. The van der Waals surface area contributed by atoms with E-state index in [0.29, 0.717) is 5.69 Å². The van der Waals surface area contributed by atoms with Crippen molar-refractivity contribution in [2.24, 2.45) is 5.92 Å². The molecule has 6 nitrogen and oxygen atoms in total. The first-order valence-electron chi connectivity index (χ1n) is 6.13. The minimum Gasteiger partial charge on any atom is -0.480 e. The summed E-state index contributed by atoms with van der Waals surface area (Å²) in [6.45, 7) is 7.03. The van der Waals surface area contributed by atoms with Gasteiger partial charge in [0.1, 0.15) is 0 Å². The Hall–Kier alpha value is -1.37. The first kappa shape index (κ1) is 15.7. The number of sulfone groups is 1. The molecule has 1 aromatic rings. The lowest BCUT2D eigenvalue weighted by Crippen LogP contribution is -2.35. The van der Waals surface area contributed by atoms with Crippen molar-refractivity contribution < 1.29 is 18.3 Å². The molecule has 0 radical (unpaired) electrons. The van der Waals surface area contributed by atoms with Gasteiger partial charge >= 0.3 is 5.97 Å². The predicted octanol–water partition coefficient (Wildman–Crippen LogP) is 1.49. The molecule has 19 heavy (non-hydrogen) atoms. The van der Waals surface area contributed by atoms with E-state index in [1.807, 2.05) is 13.8 Å². The summed E-state index contributed by atoms with van der Waals surface area (Å²) in [5.41, 5.74) is 0.376. The molecule has 1 rings (SSSR count). The summed E-state index contributed by atoms with van der Waals surface area (Å²) in [5.74, 6) is -2.13. The van der Waals surface area contributed by atoms with Crippen molar-refractivity contribution in [2.45, 2.75) is 44.7 Å². The van der Waals surface area contributed by atoms with Gasteiger partial charge in [-0.15, -0.1) is 0 Å². The molecular formula is C12H20N2O4S. The third-order valence-corrected chi connectivity index (χ3v) is 5.00. The summed E-state index contributed by atoms with van der Waals surface area (Å²) in [5, 5.41) is 11.8. The van der Waals surface area contributed by atoms with E-state index in [1.165, 1.54) is 0 Å². The van der Waals surface area contributed by atoms with Gasteiger partial charge in [-0.05, 0) is 25.8 Å². The SMILES string of the molecule is CC(C)C(C(=O)O)S(=O)(=O)Cc1ccn(C(C)C)n1. The third kappa shape index (κ3) is 3.79. The van der Waals surface area contributed by atoms with Gasteiger partial charge in [0.2, 0.25) is 0 Å². The average Bonchev–Trinajstić information content (AvgIpc) is 2.62. The molecule has 7 heteroatoms. The molecular weight excluding hydrogens is 268 g/mol. The molecule has 0 aliphatic rings. The molecule has 0 saturated carbocycles. The van der Waals surface area contributed by atoms with Crippen LogP contribution in [0.1, 0.15) is 39.4 Å². The van der Waals surface area contributed by atoms with E-state index >= 15 is 0 Å². The molecule has 1 heterocycles. The van der Waals surface area contributed by atoms with Crippen LogP contribution < -0.4 is 0 Å². The van der Waals surface area contributed by atoms with E-state index in [4.69, 9.17) is 5.11 Å². The zero-order valence-electron chi connectivity index (χ0n) is 11.6. The van der Waals surface area contributed by atoms with Gasteiger partial charge in [0, 0.05) is 12.2 Å². The highest BCUT2D eigenvalue weighted by Gasteiger charge is 2.35. The molecule has 0 aliphatic heterocycles. The maximum Gasteiger partial charge on any atom is 0.322 e. The lowest BCUT2D eigenvalue weighted by Gasteiger charge is -2.16. The van der Waals surface area contributed by atoms with Crippen LogP contribution in [-0.2, 0) is 20.4 Å². The van der Waals surface area contributed by atoms with Crippen LogP contribution in [0.5, 0.6) is 0 Å². The normalized spacial score (nSPS) is 14.0. The van der Waals surface area contributed by atoms with Crippen molar-refractivity contribution in [3.63, 3.8) is 0 Å². The maximum atomic E-state index is 12.1. The fourth-order valence-corrected chi connectivity index (χ4v) is 3.77. The number of hydrogen-bond donors (Lipinski definition) is 1. The highest BCUT2D eigenvalue weighted by molar-refractivity contribution is 7.92. The minimum absolute atomic E-state index is 0.136. The number of aromatic nitrogens is 2. The van der Waals surface area contributed by atoms with Crippen LogP contribution in [0.3, 0.4) is 0 Å². The molecule has 1 unspecified atom stereocenters. The zero-order valence-corrected chi connectivity index (χ0v) is 12.4. The van der Waals surface area contributed by atoms with Crippen molar-refractivity contribution in [1.82, 2.24) is 9.78 Å². The largest absolute Gasteiger partial charge is 0.480 e. The molecule has 0 aromatic carbocycles. The Labute approximate surface area is 113 Å². The summed E-state index contributed by atoms with van der Waals surface area (Å²) >= 11 is 0. The van der Waals surface area contributed by atoms with E-state index in [-0.39, 0.29) is 11.8 Å². The second-order valence-electron chi connectivity index (χ2n) is 5.19. The van der Waals surface area contributed by atoms with Crippen LogP contribution in [0.25, 0.3) is 0 Å². The smallest absolute Gasteiger partial charge is 0.322 e. The number of carboxylic acids is 1. The maximum absolute atomic E-state index is 12.1. The van der Waals surface area contributed by atoms with Crippen molar-refractivity contribution >= 4 is 15.8 Å². The lowest BCUT2D eigenvalue weighted by atomic mass is 10.1. The lowest BCUT2D eigenvalue weighted by molar-refractivity contribution is -0.137. The monoisotopic (exact) mass is 288 g/mol. The molecule has 0 fully saturated rings. The van der Waals surface area contributed by atoms with Crippen LogP contribution in [0.2, 0.25) is 0 Å². The van der Waals surface area contributed by atoms with Gasteiger partial charge in [0.05, 0.1) is 11.4 Å². The zero-order chi connectivity index (χ0) is 14.8. The highest BCUT2D eigenvalue weighted by atomic mass is 32.2. The summed E-state index contributed by atoms with van der Waals surface area (Å²) in [4.78, 5) is 11.1. The standard InChI is InChI=1S/C12H20N2O4S/c1-8(2)11(12(15)16)19(17,18)7-10-5-6-14(13-10)9(3)4/h5-6,8-9,11H,7H2,1-4H3,(H,15,16). The van der Waals surface area contributed by atoms with E-state index < -0.39 is 27.0 Å². The van der Waals surface area contributed by atoms with Gasteiger partial charge in [-0.3, -0.25) is 9.48 Å². The molecule has 1 atom stereocenters. The Bertz CT molecular complexity index is 546. The molecule has 0 aliphatic carbocycles. The molecule has 0 bridgehead atoms. The van der Waals surface area contributed by atoms with Crippen LogP contribution in [0.4, 0.5) is 0 Å². The van der Waals surface area contributed by atoms with Crippen LogP contribution in [0, 0.1) is 5.92 Å². The topological polar surface area (TPSA) is 89.3 Å². The van der Waals surface area contributed by atoms with Crippen molar-refractivity contribution in [2.75, 3.05) is 0 Å². The van der Waals surface area contributed by atoms with Crippen LogP contribution in [-0.4, -0.2) is 34.5 Å². The van der Waals surface area contributed by atoms with Gasteiger partial charge in [-0.1, -0.05) is 13.8 Å². The first-order chi connectivity index (χ1) is 8.65. The fourth-order valence-electron chi connectivity index (χ4n) is 1.89. The Balaban J connectivity index is 2.98. The molecule has 1 N–H and O–H groups in total. The molecule has 0 amide bonds. The number of carboxylic acid groups (broad SMARTS) is 1. The Morgan fingerprint density at radius 3 is 2.32 bits per heavy atom. The van der Waals surface area contributed by atoms with Gasteiger partial charge in [0.25, 0.3) is 0 Å².